The Bertz CT molecular complexity index is 857. The predicted octanol–water partition coefficient (Wildman–Crippen LogP) is 0.0248. The number of morpholine rings is 1. The largest absolute Gasteiger partial charge is 0.378 e. The number of halogens is 1. The van der Waals surface area contributed by atoms with Crippen LogP contribution in [0, 0.1) is 0 Å². The SMILES string of the molecule is Nc1ncc(-c2nc(N3CCOCC3)nc3c2CCN3[C@H]2CNC[C@@H]2F)cn1. The molecule has 0 spiro atoms. The lowest BCUT2D eigenvalue weighted by Gasteiger charge is -2.30. The van der Waals surface area contributed by atoms with Gasteiger partial charge in [-0.25, -0.2) is 19.3 Å². The van der Waals surface area contributed by atoms with Crippen molar-refractivity contribution in [3.63, 3.8) is 0 Å². The summed E-state index contributed by atoms with van der Waals surface area (Å²) in [5.74, 6) is 1.68. The molecule has 5 rings (SSSR count). The topological polar surface area (TPSA) is 105 Å². The van der Waals surface area contributed by atoms with E-state index in [-0.39, 0.29) is 12.0 Å². The molecule has 3 N–H and O–H groups in total. The predicted molar refractivity (Wildman–Crippen MR) is 103 cm³/mol. The zero-order chi connectivity index (χ0) is 19.1. The average molecular weight is 386 g/mol. The maximum absolute atomic E-state index is 14.4. The van der Waals surface area contributed by atoms with E-state index in [1.807, 2.05) is 0 Å². The zero-order valence-corrected chi connectivity index (χ0v) is 15.5. The van der Waals surface area contributed by atoms with Gasteiger partial charge in [-0.3, -0.25) is 0 Å². The monoisotopic (exact) mass is 386 g/mol. The molecular weight excluding hydrogens is 363 g/mol. The van der Waals surface area contributed by atoms with E-state index in [1.54, 1.807) is 12.4 Å². The third kappa shape index (κ3) is 3.02. The Balaban J connectivity index is 1.60. The Morgan fingerprint density at radius 1 is 1.11 bits per heavy atom. The fraction of sp³-hybridized carbons (Fsp3) is 0.556. The van der Waals surface area contributed by atoms with Gasteiger partial charge in [0.25, 0.3) is 0 Å². The molecule has 2 aromatic rings. The fourth-order valence-corrected chi connectivity index (χ4v) is 4.13. The number of hydrogen-bond donors (Lipinski definition) is 2. The van der Waals surface area contributed by atoms with Gasteiger partial charge in [0.15, 0.2) is 0 Å². The third-order valence-electron chi connectivity index (χ3n) is 5.60. The minimum Gasteiger partial charge on any atom is -0.378 e. The number of rotatable bonds is 3. The average Bonchev–Trinajstić information content (AvgIpc) is 3.34. The summed E-state index contributed by atoms with van der Waals surface area (Å²) in [5, 5.41) is 3.14. The number of nitrogen functional groups attached to an aromatic ring is 1. The number of nitrogens with zero attached hydrogens (tertiary/aromatic N) is 6. The van der Waals surface area contributed by atoms with Crippen LogP contribution in [0.3, 0.4) is 0 Å². The highest BCUT2D eigenvalue weighted by Crippen LogP contribution is 2.37. The highest BCUT2D eigenvalue weighted by Gasteiger charge is 2.38. The van der Waals surface area contributed by atoms with E-state index in [1.165, 1.54) is 0 Å². The zero-order valence-electron chi connectivity index (χ0n) is 15.5. The molecule has 0 radical (unpaired) electrons. The Morgan fingerprint density at radius 3 is 2.61 bits per heavy atom. The van der Waals surface area contributed by atoms with Gasteiger partial charge < -0.3 is 25.6 Å². The number of nitrogens with one attached hydrogen (secondary N) is 1. The third-order valence-corrected chi connectivity index (χ3v) is 5.60. The van der Waals surface area contributed by atoms with Gasteiger partial charge in [0.2, 0.25) is 11.9 Å². The summed E-state index contributed by atoms with van der Waals surface area (Å²) < 4.78 is 19.9. The molecule has 10 heteroatoms. The number of alkyl halides is 1. The molecular formula is C18H23FN8O. The van der Waals surface area contributed by atoms with Gasteiger partial charge >= 0.3 is 0 Å². The van der Waals surface area contributed by atoms with Crippen LogP contribution in [0.2, 0.25) is 0 Å². The summed E-state index contributed by atoms with van der Waals surface area (Å²) in [7, 11) is 0. The number of fused-ring (bicyclic) bond motifs is 1. The normalized spacial score (nSPS) is 24.6. The highest BCUT2D eigenvalue weighted by atomic mass is 19.1. The number of ether oxygens (including phenoxy) is 1. The number of anilines is 3. The van der Waals surface area contributed by atoms with Crippen LogP contribution in [0.5, 0.6) is 0 Å². The lowest BCUT2D eigenvalue weighted by atomic mass is 10.1. The summed E-state index contributed by atoms with van der Waals surface area (Å²) in [4.78, 5) is 22.2. The van der Waals surface area contributed by atoms with Crippen LogP contribution < -0.4 is 20.9 Å². The quantitative estimate of drug-likeness (QED) is 0.755. The van der Waals surface area contributed by atoms with Crippen molar-refractivity contribution in [1.29, 1.82) is 0 Å². The minimum absolute atomic E-state index is 0.204. The first-order valence-corrected chi connectivity index (χ1v) is 9.63. The van der Waals surface area contributed by atoms with Crippen LogP contribution in [0.25, 0.3) is 11.3 Å². The van der Waals surface area contributed by atoms with Crippen molar-refractivity contribution in [2.24, 2.45) is 0 Å². The van der Waals surface area contributed by atoms with Crippen LogP contribution in [0.15, 0.2) is 12.4 Å². The van der Waals surface area contributed by atoms with Gasteiger partial charge in [-0.2, -0.15) is 4.98 Å². The fourth-order valence-electron chi connectivity index (χ4n) is 4.13. The van der Waals surface area contributed by atoms with Crippen molar-refractivity contribution in [3.05, 3.63) is 18.0 Å². The first kappa shape index (κ1) is 17.5. The van der Waals surface area contributed by atoms with Gasteiger partial charge in [0.1, 0.15) is 12.0 Å². The molecule has 2 aromatic heterocycles. The van der Waals surface area contributed by atoms with E-state index < -0.39 is 6.17 Å². The lowest BCUT2D eigenvalue weighted by molar-refractivity contribution is 0.122. The van der Waals surface area contributed by atoms with Gasteiger partial charge in [-0.15, -0.1) is 0 Å². The molecule has 2 saturated heterocycles. The van der Waals surface area contributed by atoms with Crippen LogP contribution in [0.1, 0.15) is 5.56 Å². The van der Waals surface area contributed by atoms with E-state index in [9.17, 15) is 4.39 Å². The van der Waals surface area contributed by atoms with Crippen LogP contribution in [-0.4, -0.2) is 78.1 Å². The van der Waals surface area contributed by atoms with Gasteiger partial charge in [-0.1, -0.05) is 0 Å². The number of hydrogen-bond acceptors (Lipinski definition) is 9. The molecule has 0 amide bonds. The van der Waals surface area contributed by atoms with Gasteiger partial charge in [0, 0.05) is 56.2 Å². The lowest BCUT2D eigenvalue weighted by Crippen LogP contribution is -2.42. The molecule has 0 aliphatic carbocycles. The second-order valence-corrected chi connectivity index (χ2v) is 7.29. The number of nitrogens with two attached hydrogens (primary N) is 1. The molecule has 28 heavy (non-hydrogen) atoms. The van der Waals surface area contributed by atoms with E-state index >= 15 is 0 Å². The van der Waals surface area contributed by atoms with Crippen molar-refractivity contribution < 1.29 is 9.13 Å². The molecule has 9 nitrogen and oxygen atoms in total. The Labute approximate surface area is 162 Å². The first-order chi connectivity index (χ1) is 13.7. The molecule has 3 aliphatic rings. The van der Waals surface area contributed by atoms with E-state index in [0.29, 0.717) is 32.3 Å². The van der Waals surface area contributed by atoms with Crippen molar-refractivity contribution in [1.82, 2.24) is 25.3 Å². The summed E-state index contributed by atoms with van der Waals surface area (Å²) in [6.45, 7) is 4.48. The molecule has 0 unspecified atom stereocenters. The molecule has 2 fully saturated rings. The first-order valence-electron chi connectivity index (χ1n) is 9.63. The molecule has 148 valence electrons. The molecule has 2 atom stereocenters. The highest BCUT2D eigenvalue weighted by molar-refractivity contribution is 5.72. The summed E-state index contributed by atoms with van der Waals surface area (Å²) in [6, 6.07) is -0.204. The Hall–Kier alpha value is -2.59. The van der Waals surface area contributed by atoms with Crippen LogP contribution in [-0.2, 0) is 11.2 Å². The molecule has 3 aliphatic heterocycles. The maximum Gasteiger partial charge on any atom is 0.228 e. The second-order valence-electron chi connectivity index (χ2n) is 7.29. The summed E-state index contributed by atoms with van der Waals surface area (Å²) in [6.07, 6.45) is 3.23. The second kappa shape index (κ2) is 7.10. The summed E-state index contributed by atoms with van der Waals surface area (Å²) in [5.41, 5.74) is 8.27. The van der Waals surface area contributed by atoms with Gasteiger partial charge in [-0.05, 0) is 6.42 Å². The molecule has 0 saturated carbocycles. The molecule has 0 bridgehead atoms. The van der Waals surface area contributed by atoms with E-state index in [0.717, 1.165) is 48.7 Å². The molecule has 5 heterocycles. The Kier molecular flexibility index (Phi) is 4.44. The van der Waals surface area contributed by atoms with E-state index in [4.69, 9.17) is 20.4 Å². The van der Waals surface area contributed by atoms with Crippen molar-refractivity contribution in [2.45, 2.75) is 18.6 Å². The standard InChI is InChI=1S/C18H23FN8O/c19-13-9-21-10-14(13)27-2-1-12-15(11-7-22-17(20)23-8-11)24-18(25-16(12)27)26-3-5-28-6-4-26/h7-8,13-14,21H,1-6,9-10H2,(H2,20,22,23)/t13-,14-/m0/s1. The minimum atomic E-state index is -0.906. The maximum atomic E-state index is 14.4. The van der Waals surface area contributed by atoms with Crippen molar-refractivity contribution in [2.75, 3.05) is 61.5 Å². The van der Waals surface area contributed by atoms with Crippen LogP contribution in [0.4, 0.5) is 22.1 Å². The Morgan fingerprint density at radius 2 is 1.89 bits per heavy atom. The van der Waals surface area contributed by atoms with Crippen molar-refractivity contribution >= 4 is 17.7 Å². The smallest absolute Gasteiger partial charge is 0.228 e. The molecule has 0 aromatic carbocycles. The van der Waals surface area contributed by atoms with E-state index in [2.05, 4.69) is 25.1 Å². The number of aromatic nitrogens is 4. The summed E-state index contributed by atoms with van der Waals surface area (Å²) >= 11 is 0. The van der Waals surface area contributed by atoms with Crippen molar-refractivity contribution in [3.8, 4) is 11.3 Å². The van der Waals surface area contributed by atoms with Crippen LogP contribution >= 0.6 is 0 Å². The van der Waals surface area contributed by atoms with Gasteiger partial charge in [0.05, 0.1) is 24.9 Å².